The fourth-order valence-electron chi connectivity index (χ4n) is 2.93. The monoisotopic (exact) mass is 334 g/mol. The summed E-state index contributed by atoms with van der Waals surface area (Å²) in [5.41, 5.74) is 0.365. The molecule has 4 rings (SSSR count). The Balaban J connectivity index is 2.05. The van der Waals surface area contributed by atoms with Gasteiger partial charge in [0, 0.05) is 17.5 Å². The first-order chi connectivity index (χ1) is 12.0. The molecule has 4 aromatic rings. The van der Waals surface area contributed by atoms with E-state index in [1.807, 2.05) is 30.3 Å². The summed E-state index contributed by atoms with van der Waals surface area (Å²) in [6.45, 7) is 1.28. The van der Waals surface area contributed by atoms with E-state index in [1.165, 1.54) is 19.1 Å². The molecule has 1 aromatic heterocycles. The molecule has 0 aliphatic heterocycles. The maximum Gasteiger partial charge on any atom is 0.204 e. The molecule has 124 valence electrons. The molecule has 25 heavy (non-hydrogen) atoms. The van der Waals surface area contributed by atoms with E-state index in [9.17, 15) is 14.7 Å². The molecule has 1 N–H and O–H groups in total. The van der Waals surface area contributed by atoms with Crippen LogP contribution >= 0.6 is 0 Å². The van der Waals surface area contributed by atoms with Crippen molar-refractivity contribution < 1.29 is 19.1 Å². The van der Waals surface area contributed by atoms with E-state index < -0.39 is 0 Å². The maximum atomic E-state index is 12.8. The second kappa shape index (κ2) is 5.63. The number of aromatic hydroxyl groups is 1. The third kappa shape index (κ3) is 2.50. The average Bonchev–Trinajstić information content (AvgIpc) is 2.59. The zero-order chi connectivity index (χ0) is 17.6. The first-order valence-corrected chi connectivity index (χ1v) is 7.78. The first-order valence-electron chi connectivity index (χ1n) is 7.78. The van der Waals surface area contributed by atoms with Gasteiger partial charge in [-0.3, -0.25) is 9.59 Å². The van der Waals surface area contributed by atoms with E-state index in [2.05, 4.69) is 0 Å². The van der Waals surface area contributed by atoms with Crippen molar-refractivity contribution in [3.63, 3.8) is 0 Å². The Morgan fingerprint density at radius 3 is 2.72 bits per heavy atom. The smallest absolute Gasteiger partial charge is 0.204 e. The van der Waals surface area contributed by atoms with Crippen molar-refractivity contribution in [3.05, 3.63) is 58.8 Å². The summed E-state index contributed by atoms with van der Waals surface area (Å²) in [5.74, 6) is -0.117. The number of ketones is 1. The minimum atomic E-state index is -0.308. The van der Waals surface area contributed by atoms with Gasteiger partial charge >= 0.3 is 0 Å². The summed E-state index contributed by atoms with van der Waals surface area (Å²) < 4.78 is 11.3. The summed E-state index contributed by atoms with van der Waals surface area (Å²) in [7, 11) is 0. The van der Waals surface area contributed by atoms with E-state index in [0.29, 0.717) is 11.0 Å². The Morgan fingerprint density at radius 2 is 1.92 bits per heavy atom. The Labute approximate surface area is 142 Å². The fraction of sp³-hybridized carbons (Fsp3) is 0.100. The van der Waals surface area contributed by atoms with Crippen LogP contribution in [0.25, 0.3) is 32.7 Å². The largest absolute Gasteiger partial charge is 0.507 e. The number of phenols is 1. The molecule has 1 heterocycles. The van der Waals surface area contributed by atoms with Crippen LogP contribution in [0.2, 0.25) is 0 Å². The highest BCUT2D eigenvalue weighted by Crippen LogP contribution is 2.32. The van der Waals surface area contributed by atoms with Gasteiger partial charge in [0.1, 0.15) is 34.7 Å². The highest BCUT2D eigenvalue weighted by atomic mass is 16.5. The highest BCUT2D eigenvalue weighted by molar-refractivity contribution is 6.07. The molecule has 0 aliphatic rings. The number of hydrogen-bond acceptors (Lipinski definition) is 5. The lowest BCUT2D eigenvalue weighted by Crippen LogP contribution is -2.07. The van der Waals surface area contributed by atoms with Crippen molar-refractivity contribution in [1.29, 1.82) is 0 Å². The Hall–Kier alpha value is -3.34. The number of carbonyl (C=O) groups excluding carboxylic acids is 1. The van der Waals surface area contributed by atoms with E-state index in [1.54, 1.807) is 6.07 Å². The van der Waals surface area contributed by atoms with E-state index in [4.69, 9.17) is 9.15 Å². The standard InChI is InChI=1S/C20H14O5/c1-11(21)10-24-13-8-16(22)18-17(9-13)25-20-14-5-3-2-4-12(14)6-7-15(20)19(18)23/h2-9,22H,10H2,1H3. The van der Waals surface area contributed by atoms with E-state index in [0.717, 1.165) is 10.8 Å². The highest BCUT2D eigenvalue weighted by Gasteiger charge is 2.15. The molecular formula is C20H14O5. The van der Waals surface area contributed by atoms with Crippen LogP contribution in [-0.4, -0.2) is 17.5 Å². The normalized spacial score (nSPS) is 11.2. The quantitative estimate of drug-likeness (QED) is 0.456. The van der Waals surface area contributed by atoms with Gasteiger partial charge in [0.2, 0.25) is 5.43 Å². The molecule has 3 aromatic carbocycles. The predicted molar refractivity (Wildman–Crippen MR) is 95.3 cm³/mol. The van der Waals surface area contributed by atoms with Crippen LogP contribution in [0.4, 0.5) is 0 Å². The van der Waals surface area contributed by atoms with Crippen LogP contribution in [-0.2, 0) is 4.79 Å². The molecule has 0 saturated carbocycles. The average molecular weight is 334 g/mol. The number of fused-ring (bicyclic) bond motifs is 4. The Morgan fingerprint density at radius 1 is 1.12 bits per heavy atom. The molecule has 0 bridgehead atoms. The number of hydrogen-bond donors (Lipinski definition) is 1. The molecule has 5 heteroatoms. The van der Waals surface area contributed by atoms with Crippen molar-refractivity contribution in [2.45, 2.75) is 6.92 Å². The zero-order valence-electron chi connectivity index (χ0n) is 13.4. The van der Waals surface area contributed by atoms with Gasteiger partial charge < -0.3 is 14.3 Å². The fourth-order valence-corrected chi connectivity index (χ4v) is 2.93. The second-order valence-corrected chi connectivity index (χ2v) is 5.90. The predicted octanol–water partition coefficient (Wildman–Crippen LogP) is 3.77. The lowest BCUT2D eigenvalue weighted by atomic mass is 10.1. The lowest BCUT2D eigenvalue weighted by molar-refractivity contribution is -0.118. The first kappa shape index (κ1) is 15.2. The van der Waals surface area contributed by atoms with Gasteiger partial charge in [-0.1, -0.05) is 30.3 Å². The molecule has 0 spiro atoms. The lowest BCUT2D eigenvalue weighted by Gasteiger charge is -2.09. The van der Waals surface area contributed by atoms with Crippen molar-refractivity contribution in [2.75, 3.05) is 6.61 Å². The van der Waals surface area contributed by atoms with Crippen molar-refractivity contribution in [2.24, 2.45) is 0 Å². The van der Waals surface area contributed by atoms with Gasteiger partial charge in [0.15, 0.2) is 5.78 Å². The zero-order valence-corrected chi connectivity index (χ0v) is 13.4. The number of benzene rings is 3. The SMILES string of the molecule is CC(=O)COc1cc(O)c2c(=O)c3ccc4ccccc4c3oc2c1. The minimum absolute atomic E-state index is 0.0953. The molecule has 5 nitrogen and oxygen atoms in total. The van der Waals surface area contributed by atoms with Gasteiger partial charge in [-0.2, -0.15) is 0 Å². The molecule has 0 amide bonds. The summed E-state index contributed by atoms with van der Waals surface area (Å²) >= 11 is 0. The Kier molecular flexibility index (Phi) is 3.42. The van der Waals surface area contributed by atoms with Crippen LogP contribution in [0.3, 0.4) is 0 Å². The molecule has 0 radical (unpaired) electrons. The number of rotatable bonds is 3. The molecule has 0 unspecified atom stereocenters. The summed E-state index contributed by atoms with van der Waals surface area (Å²) in [6, 6.07) is 14.0. The summed E-state index contributed by atoms with van der Waals surface area (Å²) in [6.07, 6.45) is 0. The maximum absolute atomic E-state index is 12.8. The van der Waals surface area contributed by atoms with Crippen LogP contribution in [0.5, 0.6) is 11.5 Å². The summed E-state index contributed by atoms with van der Waals surface area (Å²) in [5, 5.41) is 12.5. The van der Waals surface area contributed by atoms with Gasteiger partial charge in [-0.05, 0) is 18.4 Å². The minimum Gasteiger partial charge on any atom is -0.507 e. The molecule has 0 aliphatic carbocycles. The number of carbonyl (C=O) groups is 1. The van der Waals surface area contributed by atoms with E-state index >= 15 is 0 Å². The van der Waals surface area contributed by atoms with Crippen LogP contribution in [0.15, 0.2) is 57.7 Å². The van der Waals surface area contributed by atoms with Gasteiger partial charge in [-0.15, -0.1) is 0 Å². The van der Waals surface area contributed by atoms with Crippen LogP contribution < -0.4 is 10.2 Å². The molecule has 0 saturated heterocycles. The van der Waals surface area contributed by atoms with Gasteiger partial charge in [-0.25, -0.2) is 0 Å². The number of phenolic OH excluding ortho intramolecular Hbond substituents is 1. The van der Waals surface area contributed by atoms with Gasteiger partial charge in [0.25, 0.3) is 0 Å². The summed E-state index contributed by atoms with van der Waals surface area (Å²) in [4.78, 5) is 23.9. The van der Waals surface area contributed by atoms with Gasteiger partial charge in [0.05, 0.1) is 5.39 Å². The van der Waals surface area contributed by atoms with Crippen molar-refractivity contribution >= 4 is 38.5 Å². The van der Waals surface area contributed by atoms with Crippen LogP contribution in [0, 0.1) is 0 Å². The van der Waals surface area contributed by atoms with Crippen molar-refractivity contribution in [3.8, 4) is 11.5 Å². The molecule has 0 atom stereocenters. The molecular weight excluding hydrogens is 320 g/mol. The second-order valence-electron chi connectivity index (χ2n) is 5.90. The van der Waals surface area contributed by atoms with Crippen molar-refractivity contribution in [1.82, 2.24) is 0 Å². The third-order valence-electron chi connectivity index (χ3n) is 4.06. The topological polar surface area (TPSA) is 76.7 Å². The third-order valence-corrected chi connectivity index (χ3v) is 4.06. The van der Waals surface area contributed by atoms with E-state index in [-0.39, 0.29) is 40.3 Å². The molecule has 0 fully saturated rings. The Bertz CT molecular complexity index is 1200. The number of ether oxygens (including phenoxy) is 1. The number of Topliss-reactive ketones (excluding diaryl/α,β-unsaturated/α-hetero) is 1. The van der Waals surface area contributed by atoms with Crippen LogP contribution in [0.1, 0.15) is 6.92 Å².